The number of ether oxygens (including phenoxy) is 2. The van der Waals surface area contributed by atoms with Crippen LogP contribution >= 0.6 is 24.0 Å². The summed E-state index contributed by atoms with van der Waals surface area (Å²) >= 11 is 5.97. The summed E-state index contributed by atoms with van der Waals surface area (Å²) in [5.74, 6) is -1.12. The zero-order chi connectivity index (χ0) is 15.6. The fourth-order valence-electron chi connectivity index (χ4n) is 1.85. The molecule has 0 saturated carbocycles. The molecule has 0 aromatic heterocycles. The summed E-state index contributed by atoms with van der Waals surface area (Å²) in [5.41, 5.74) is 0.262. The van der Waals surface area contributed by atoms with E-state index in [0.29, 0.717) is 20.5 Å². The SMILES string of the molecule is COc1ccc(/C=C2/SC(=S)NC2=O)c(C(=O)O)c1OC. The standard InChI is InChI=1S/C13H11NO5S2/c1-18-7-4-3-6(9(12(16)17)10(7)19-2)5-8-11(15)14-13(20)21-8/h3-5H,1-2H3,(H,16,17)(H,14,15,20)/b8-5+. The lowest BCUT2D eigenvalue weighted by Crippen LogP contribution is -2.17. The predicted molar refractivity (Wildman–Crippen MR) is 82.8 cm³/mol. The molecular formula is C13H11NO5S2. The Balaban J connectivity index is 2.59. The highest BCUT2D eigenvalue weighted by molar-refractivity contribution is 8.26. The number of nitrogens with one attached hydrogen (secondary N) is 1. The molecule has 6 nitrogen and oxygen atoms in total. The highest BCUT2D eigenvalue weighted by Crippen LogP contribution is 2.36. The van der Waals surface area contributed by atoms with Gasteiger partial charge in [-0.05, 0) is 17.7 Å². The van der Waals surface area contributed by atoms with Gasteiger partial charge in [0, 0.05) is 0 Å². The second-order valence-electron chi connectivity index (χ2n) is 3.92. The van der Waals surface area contributed by atoms with Crippen LogP contribution in [0.3, 0.4) is 0 Å². The fourth-order valence-corrected chi connectivity index (χ4v) is 2.88. The molecule has 21 heavy (non-hydrogen) atoms. The topological polar surface area (TPSA) is 84.9 Å². The summed E-state index contributed by atoms with van der Waals surface area (Å²) in [4.78, 5) is 23.5. The average Bonchev–Trinajstić information content (AvgIpc) is 2.75. The number of amides is 1. The summed E-state index contributed by atoms with van der Waals surface area (Å²) in [7, 11) is 2.77. The third-order valence-corrected chi connectivity index (χ3v) is 3.88. The monoisotopic (exact) mass is 325 g/mol. The summed E-state index contributed by atoms with van der Waals surface area (Å²) in [6, 6.07) is 3.13. The number of carbonyl (C=O) groups is 2. The predicted octanol–water partition coefficient (Wildman–Crippen LogP) is 1.89. The van der Waals surface area contributed by atoms with Crippen molar-refractivity contribution in [1.29, 1.82) is 0 Å². The number of thiocarbonyl (C=S) groups is 1. The smallest absolute Gasteiger partial charge is 0.340 e. The lowest BCUT2D eigenvalue weighted by atomic mass is 10.0. The van der Waals surface area contributed by atoms with Crippen LogP contribution in [0.4, 0.5) is 0 Å². The van der Waals surface area contributed by atoms with Crippen molar-refractivity contribution in [3.63, 3.8) is 0 Å². The number of benzene rings is 1. The molecule has 1 aromatic rings. The Kier molecular flexibility index (Phi) is 4.49. The van der Waals surface area contributed by atoms with E-state index in [1.165, 1.54) is 20.3 Å². The molecule has 0 atom stereocenters. The van der Waals surface area contributed by atoms with Crippen molar-refractivity contribution in [2.45, 2.75) is 0 Å². The van der Waals surface area contributed by atoms with Crippen molar-refractivity contribution >= 4 is 46.3 Å². The molecule has 1 aliphatic heterocycles. The van der Waals surface area contributed by atoms with Gasteiger partial charge < -0.3 is 19.9 Å². The molecule has 0 unspecified atom stereocenters. The number of methoxy groups -OCH3 is 2. The molecule has 2 rings (SSSR count). The summed E-state index contributed by atoms with van der Waals surface area (Å²) < 4.78 is 10.5. The minimum absolute atomic E-state index is 0.0735. The lowest BCUT2D eigenvalue weighted by Gasteiger charge is -2.12. The second-order valence-corrected chi connectivity index (χ2v) is 5.64. The third-order valence-electron chi connectivity index (χ3n) is 2.72. The second kappa shape index (κ2) is 6.15. The molecule has 1 amide bonds. The van der Waals surface area contributed by atoms with E-state index in [1.807, 2.05) is 0 Å². The maximum Gasteiger partial charge on any atom is 0.340 e. The number of aromatic carboxylic acids is 1. The number of carboxylic acid groups (broad SMARTS) is 1. The van der Waals surface area contributed by atoms with Crippen molar-refractivity contribution in [2.75, 3.05) is 14.2 Å². The van der Waals surface area contributed by atoms with Crippen LogP contribution in [0.15, 0.2) is 17.0 Å². The third kappa shape index (κ3) is 3.01. The highest BCUT2D eigenvalue weighted by atomic mass is 32.2. The Bertz CT molecular complexity index is 669. The molecule has 0 radical (unpaired) electrons. The van der Waals surface area contributed by atoms with Crippen LogP contribution in [-0.2, 0) is 4.79 Å². The first-order valence-corrected chi connectivity index (χ1v) is 6.93. The zero-order valence-electron chi connectivity index (χ0n) is 11.1. The number of carbonyl (C=O) groups excluding carboxylic acids is 1. The van der Waals surface area contributed by atoms with E-state index in [-0.39, 0.29) is 17.2 Å². The molecule has 1 aliphatic rings. The van der Waals surface area contributed by atoms with Gasteiger partial charge in [0.15, 0.2) is 11.5 Å². The Morgan fingerprint density at radius 3 is 2.57 bits per heavy atom. The van der Waals surface area contributed by atoms with Crippen LogP contribution in [0.5, 0.6) is 11.5 Å². The van der Waals surface area contributed by atoms with Crippen LogP contribution < -0.4 is 14.8 Å². The fraction of sp³-hybridized carbons (Fsp3) is 0.154. The first kappa shape index (κ1) is 15.3. The molecule has 2 N–H and O–H groups in total. The molecule has 1 saturated heterocycles. The number of hydrogen-bond donors (Lipinski definition) is 2. The molecule has 1 aromatic carbocycles. The molecule has 1 fully saturated rings. The first-order chi connectivity index (χ1) is 9.97. The van der Waals surface area contributed by atoms with Crippen molar-refractivity contribution in [3.05, 3.63) is 28.2 Å². The number of rotatable bonds is 4. The molecular weight excluding hydrogens is 314 g/mol. The van der Waals surface area contributed by atoms with Crippen LogP contribution in [0, 0.1) is 0 Å². The summed E-state index contributed by atoms with van der Waals surface area (Å²) in [5, 5.41) is 11.9. The minimum atomic E-state index is -1.18. The molecule has 8 heteroatoms. The van der Waals surface area contributed by atoms with Gasteiger partial charge in [0.05, 0.1) is 19.1 Å². The zero-order valence-corrected chi connectivity index (χ0v) is 12.8. The summed E-state index contributed by atoms with van der Waals surface area (Å²) in [6.45, 7) is 0. The highest BCUT2D eigenvalue weighted by Gasteiger charge is 2.25. The number of thioether (sulfide) groups is 1. The Morgan fingerprint density at radius 2 is 2.10 bits per heavy atom. The van der Waals surface area contributed by atoms with Crippen molar-refractivity contribution in [2.24, 2.45) is 0 Å². The van der Waals surface area contributed by atoms with Gasteiger partial charge in [-0.2, -0.15) is 0 Å². The lowest BCUT2D eigenvalue weighted by molar-refractivity contribution is -0.115. The Morgan fingerprint density at radius 1 is 1.38 bits per heavy atom. The Hall–Kier alpha value is -2.06. The van der Waals surface area contributed by atoms with Gasteiger partial charge >= 0.3 is 5.97 Å². The van der Waals surface area contributed by atoms with Crippen LogP contribution in [0.2, 0.25) is 0 Å². The van der Waals surface area contributed by atoms with E-state index in [0.717, 1.165) is 11.8 Å². The quantitative estimate of drug-likeness (QED) is 0.646. The van der Waals surface area contributed by atoms with Crippen LogP contribution in [0.1, 0.15) is 15.9 Å². The van der Waals surface area contributed by atoms with E-state index in [4.69, 9.17) is 21.7 Å². The van der Waals surface area contributed by atoms with Crippen LogP contribution in [-0.4, -0.2) is 35.5 Å². The summed E-state index contributed by atoms with van der Waals surface area (Å²) in [6.07, 6.45) is 1.46. The van der Waals surface area contributed by atoms with Gasteiger partial charge in [-0.1, -0.05) is 30.0 Å². The minimum Gasteiger partial charge on any atom is -0.493 e. The van der Waals surface area contributed by atoms with E-state index in [9.17, 15) is 14.7 Å². The maximum absolute atomic E-state index is 11.7. The van der Waals surface area contributed by atoms with E-state index >= 15 is 0 Å². The van der Waals surface area contributed by atoms with Gasteiger partial charge in [-0.25, -0.2) is 4.79 Å². The van der Waals surface area contributed by atoms with Gasteiger partial charge in [-0.15, -0.1) is 0 Å². The molecule has 0 aliphatic carbocycles. The molecule has 1 heterocycles. The van der Waals surface area contributed by atoms with E-state index in [1.54, 1.807) is 12.1 Å². The van der Waals surface area contributed by atoms with Gasteiger partial charge in [0.2, 0.25) is 0 Å². The first-order valence-electron chi connectivity index (χ1n) is 5.71. The molecule has 0 bridgehead atoms. The van der Waals surface area contributed by atoms with Crippen molar-refractivity contribution < 1.29 is 24.2 Å². The van der Waals surface area contributed by atoms with E-state index < -0.39 is 5.97 Å². The van der Waals surface area contributed by atoms with E-state index in [2.05, 4.69) is 5.32 Å². The normalized spacial score (nSPS) is 16.0. The van der Waals surface area contributed by atoms with Gasteiger partial charge in [0.25, 0.3) is 5.91 Å². The number of carboxylic acids is 1. The average molecular weight is 325 g/mol. The molecule has 0 spiro atoms. The Labute approximate surface area is 130 Å². The van der Waals surface area contributed by atoms with Crippen molar-refractivity contribution in [1.82, 2.24) is 5.32 Å². The van der Waals surface area contributed by atoms with Gasteiger partial charge in [0.1, 0.15) is 9.88 Å². The molecule has 110 valence electrons. The van der Waals surface area contributed by atoms with Crippen molar-refractivity contribution in [3.8, 4) is 11.5 Å². The maximum atomic E-state index is 11.7. The largest absolute Gasteiger partial charge is 0.493 e. The van der Waals surface area contributed by atoms with Gasteiger partial charge in [-0.3, -0.25) is 4.79 Å². The number of hydrogen-bond acceptors (Lipinski definition) is 6. The van der Waals surface area contributed by atoms with Crippen LogP contribution in [0.25, 0.3) is 6.08 Å².